The van der Waals surface area contributed by atoms with Crippen molar-refractivity contribution in [2.24, 2.45) is 0 Å². The number of carbonyl (C=O) groups is 1. The molecule has 5 nitrogen and oxygen atoms in total. The number of likely N-dealkylation sites (tertiary alicyclic amines) is 1. The van der Waals surface area contributed by atoms with Crippen LogP contribution >= 0.6 is 11.6 Å². The Morgan fingerprint density at radius 1 is 1.43 bits per heavy atom. The third-order valence-corrected chi connectivity index (χ3v) is 4.35. The molecule has 2 rings (SSSR count). The fraction of sp³-hybridized carbons (Fsp3) is 0.562. The van der Waals surface area contributed by atoms with E-state index in [9.17, 15) is 14.3 Å². The van der Waals surface area contributed by atoms with E-state index in [0.29, 0.717) is 18.3 Å². The van der Waals surface area contributed by atoms with E-state index in [2.05, 4.69) is 15.5 Å². The third kappa shape index (κ3) is 5.64. The van der Waals surface area contributed by atoms with Gasteiger partial charge in [-0.2, -0.15) is 0 Å². The predicted molar refractivity (Wildman–Crippen MR) is 89.3 cm³/mol. The van der Waals surface area contributed by atoms with Crippen molar-refractivity contribution >= 4 is 23.3 Å². The Labute approximate surface area is 140 Å². The van der Waals surface area contributed by atoms with E-state index in [0.717, 1.165) is 38.8 Å². The first-order valence-corrected chi connectivity index (χ1v) is 8.33. The van der Waals surface area contributed by atoms with E-state index in [-0.39, 0.29) is 17.7 Å². The van der Waals surface area contributed by atoms with Crippen LogP contribution in [0.2, 0.25) is 5.02 Å². The van der Waals surface area contributed by atoms with Crippen LogP contribution in [-0.4, -0.2) is 48.3 Å². The van der Waals surface area contributed by atoms with Gasteiger partial charge < -0.3 is 15.7 Å². The molecule has 1 unspecified atom stereocenters. The molecule has 0 bridgehead atoms. The molecule has 2 amide bonds. The Hall–Kier alpha value is -1.37. The van der Waals surface area contributed by atoms with Gasteiger partial charge in [0.1, 0.15) is 5.82 Å². The molecule has 1 aromatic carbocycles. The van der Waals surface area contributed by atoms with E-state index in [1.165, 1.54) is 12.1 Å². The quantitative estimate of drug-likeness (QED) is 0.667. The third-order valence-electron chi connectivity index (χ3n) is 4.04. The van der Waals surface area contributed by atoms with Crippen molar-refractivity contribution in [3.05, 3.63) is 29.0 Å². The second kappa shape index (κ2) is 9.05. The number of benzene rings is 1. The summed E-state index contributed by atoms with van der Waals surface area (Å²) in [7, 11) is 0. The van der Waals surface area contributed by atoms with Crippen molar-refractivity contribution in [3.63, 3.8) is 0 Å². The first kappa shape index (κ1) is 18.0. The first-order valence-electron chi connectivity index (χ1n) is 7.95. The van der Waals surface area contributed by atoms with Crippen LogP contribution in [0.15, 0.2) is 18.2 Å². The maximum absolute atomic E-state index is 13.3. The van der Waals surface area contributed by atoms with Gasteiger partial charge in [0.15, 0.2) is 0 Å². The highest BCUT2D eigenvalue weighted by Crippen LogP contribution is 2.18. The summed E-state index contributed by atoms with van der Waals surface area (Å²) in [6.07, 6.45) is 4.03. The fourth-order valence-corrected chi connectivity index (χ4v) is 2.90. The van der Waals surface area contributed by atoms with Crippen molar-refractivity contribution in [1.82, 2.24) is 10.2 Å². The van der Waals surface area contributed by atoms with Crippen molar-refractivity contribution in [1.29, 1.82) is 0 Å². The number of nitrogens with zero attached hydrogens (tertiary/aromatic N) is 1. The summed E-state index contributed by atoms with van der Waals surface area (Å²) >= 11 is 5.59. The van der Waals surface area contributed by atoms with E-state index < -0.39 is 5.82 Å². The highest BCUT2D eigenvalue weighted by atomic mass is 35.5. The van der Waals surface area contributed by atoms with Gasteiger partial charge >= 0.3 is 6.03 Å². The molecular weight excluding hydrogens is 321 g/mol. The molecule has 1 fully saturated rings. The Bertz CT molecular complexity index is 530. The van der Waals surface area contributed by atoms with Crippen LogP contribution in [0.1, 0.15) is 25.7 Å². The highest BCUT2D eigenvalue weighted by molar-refractivity contribution is 6.30. The zero-order valence-corrected chi connectivity index (χ0v) is 13.8. The number of amides is 2. The number of hydrogen-bond donors (Lipinski definition) is 3. The van der Waals surface area contributed by atoms with Crippen LogP contribution in [0.3, 0.4) is 0 Å². The molecule has 1 saturated heterocycles. The monoisotopic (exact) mass is 343 g/mol. The SMILES string of the molecule is O=C(NCCCCN1CCCC1CO)Nc1ccc(Cl)c(F)c1. The number of rotatable bonds is 7. The predicted octanol–water partition coefficient (Wildman–Crippen LogP) is 2.84. The summed E-state index contributed by atoms with van der Waals surface area (Å²) in [5.74, 6) is -0.562. The minimum atomic E-state index is -0.562. The second-order valence-corrected chi connectivity index (χ2v) is 6.14. The number of hydrogen-bond acceptors (Lipinski definition) is 3. The molecule has 0 spiro atoms. The Morgan fingerprint density at radius 2 is 2.26 bits per heavy atom. The molecule has 0 saturated carbocycles. The van der Waals surface area contributed by atoms with Gasteiger partial charge in [0, 0.05) is 18.3 Å². The molecule has 1 atom stereocenters. The van der Waals surface area contributed by atoms with Gasteiger partial charge in [-0.15, -0.1) is 0 Å². The lowest BCUT2D eigenvalue weighted by Crippen LogP contribution is -2.34. The van der Waals surface area contributed by atoms with E-state index in [1.807, 2.05) is 0 Å². The van der Waals surface area contributed by atoms with Crippen LogP contribution in [0.25, 0.3) is 0 Å². The van der Waals surface area contributed by atoms with Crippen molar-refractivity contribution in [2.75, 3.05) is 31.6 Å². The van der Waals surface area contributed by atoms with Crippen molar-refractivity contribution in [3.8, 4) is 0 Å². The minimum Gasteiger partial charge on any atom is -0.395 e. The number of carbonyl (C=O) groups excluding carboxylic acids is 1. The number of nitrogens with one attached hydrogen (secondary N) is 2. The maximum Gasteiger partial charge on any atom is 0.319 e. The smallest absolute Gasteiger partial charge is 0.319 e. The van der Waals surface area contributed by atoms with Crippen LogP contribution in [0, 0.1) is 5.82 Å². The lowest BCUT2D eigenvalue weighted by atomic mass is 10.2. The molecule has 1 aliphatic heterocycles. The molecule has 1 aromatic rings. The summed E-state index contributed by atoms with van der Waals surface area (Å²) in [6.45, 7) is 2.76. The van der Waals surface area contributed by atoms with Crippen molar-refractivity contribution in [2.45, 2.75) is 31.7 Å². The standard InChI is InChI=1S/C16H23ClFN3O2/c17-14-6-5-12(10-15(14)18)20-16(23)19-7-1-2-8-21-9-3-4-13(21)11-22/h5-6,10,13,22H,1-4,7-9,11H2,(H2,19,20,23). The lowest BCUT2D eigenvalue weighted by Gasteiger charge is -2.22. The molecule has 0 aromatic heterocycles. The number of aliphatic hydroxyl groups excluding tert-OH is 1. The molecule has 128 valence electrons. The summed E-state index contributed by atoms with van der Waals surface area (Å²) in [6, 6.07) is 4.07. The molecule has 1 aliphatic rings. The Balaban J connectivity index is 1.60. The van der Waals surface area contributed by atoms with Crippen LogP contribution < -0.4 is 10.6 Å². The lowest BCUT2D eigenvalue weighted by molar-refractivity contribution is 0.157. The topological polar surface area (TPSA) is 64.6 Å². The van der Waals surface area contributed by atoms with Crippen molar-refractivity contribution < 1.29 is 14.3 Å². The number of unbranched alkanes of at least 4 members (excludes halogenated alkanes) is 1. The van der Waals surface area contributed by atoms with Gasteiger partial charge in [0.05, 0.1) is 11.6 Å². The number of aliphatic hydroxyl groups is 1. The average molecular weight is 344 g/mol. The fourth-order valence-electron chi connectivity index (χ4n) is 2.79. The molecule has 7 heteroatoms. The zero-order valence-electron chi connectivity index (χ0n) is 13.0. The number of anilines is 1. The van der Waals surface area contributed by atoms with Crippen LogP contribution in [-0.2, 0) is 0 Å². The molecule has 1 heterocycles. The molecule has 0 aliphatic carbocycles. The normalized spacial score (nSPS) is 18.1. The summed E-state index contributed by atoms with van der Waals surface area (Å²) in [5, 5.41) is 14.6. The van der Waals surface area contributed by atoms with Gasteiger partial charge in [-0.05, 0) is 57.0 Å². The number of halogens is 2. The zero-order chi connectivity index (χ0) is 16.7. The average Bonchev–Trinajstić information content (AvgIpc) is 2.98. The van der Waals surface area contributed by atoms with Gasteiger partial charge in [-0.25, -0.2) is 9.18 Å². The van der Waals surface area contributed by atoms with E-state index >= 15 is 0 Å². The minimum absolute atomic E-state index is 0.0269. The Kier molecular flexibility index (Phi) is 7.08. The summed E-state index contributed by atoms with van der Waals surface area (Å²) < 4.78 is 13.3. The van der Waals surface area contributed by atoms with E-state index in [4.69, 9.17) is 11.6 Å². The van der Waals surface area contributed by atoms with Gasteiger partial charge in [0.25, 0.3) is 0 Å². The Morgan fingerprint density at radius 3 is 3.00 bits per heavy atom. The van der Waals surface area contributed by atoms with Gasteiger partial charge in [0.2, 0.25) is 0 Å². The maximum atomic E-state index is 13.3. The molecular formula is C16H23ClFN3O2. The first-order chi connectivity index (χ1) is 11.1. The highest BCUT2D eigenvalue weighted by Gasteiger charge is 2.22. The van der Waals surface area contributed by atoms with Crippen LogP contribution in [0.4, 0.5) is 14.9 Å². The molecule has 3 N–H and O–H groups in total. The van der Waals surface area contributed by atoms with Gasteiger partial charge in [-0.3, -0.25) is 4.90 Å². The summed E-state index contributed by atoms with van der Waals surface area (Å²) in [5.41, 5.74) is 0.368. The molecule has 0 radical (unpaired) electrons. The van der Waals surface area contributed by atoms with E-state index in [1.54, 1.807) is 6.07 Å². The second-order valence-electron chi connectivity index (χ2n) is 5.73. The number of urea groups is 1. The largest absolute Gasteiger partial charge is 0.395 e. The van der Waals surface area contributed by atoms with Gasteiger partial charge in [-0.1, -0.05) is 11.6 Å². The molecule has 23 heavy (non-hydrogen) atoms. The van der Waals surface area contributed by atoms with Crippen LogP contribution in [0.5, 0.6) is 0 Å². The summed E-state index contributed by atoms with van der Waals surface area (Å²) in [4.78, 5) is 14.0.